The Morgan fingerprint density at radius 1 is 1.12 bits per heavy atom. The lowest BCUT2D eigenvalue weighted by Gasteiger charge is -2.07. The van der Waals surface area contributed by atoms with Gasteiger partial charge in [-0.05, 0) is 50.2 Å². The van der Waals surface area contributed by atoms with Crippen LogP contribution in [0.5, 0.6) is 5.75 Å². The van der Waals surface area contributed by atoms with E-state index in [1.54, 1.807) is 24.3 Å². The highest BCUT2D eigenvalue weighted by molar-refractivity contribution is 8.00. The van der Waals surface area contributed by atoms with Crippen molar-refractivity contribution in [3.05, 3.63) is 66.0 Å². The Hall–Kier alpha value is -2.73. The number of phenolic OH excluding ortho intramolecular Hbond substituents is 1. The largest absolute Gasteiger partial charge is 0.508 e. The summed E-state index contributed by atoms with van der Waals surface area (Å²) in [6, 6.07) is 16.6. The van der Waals surface area contributed by atoms with Crippen LogP contribution in [-0.2, 0) is 4.79 Å². The molecule has 3 rings (SSSR count). The number of para-hydroxylation sites is 1. The summed E-state index contributed by atoms with van der Waals surface area (Å²) in [5, 5.41) is 16.8. The smallest absolute Gasteiger partial charge is 0.234 e. The van der Waals surface area contributed by atoms with Gasteiger partial charge < -0.3 is 10.4 Å². The average Bonchev–Trinajstić information content (AvgIpc) is 2.90. The van der Waals surface area contributed by atoms with Crippen molar-refractivity contribution >= 4 is 23.4 Å². The second-order valence-electron chi connectivity index (χ2n) is 5.62. The summed E-state index contributed by atoms with van der Waals surface area (Å²) < 4.78 is 1.83. The van der Waals surface area contributed by atoms with Gasteiger partial charge in [0.2, 0.25) is 5.91 Å². The second kappa shape index (κ2) is 7.44. The van der Waals surface area contributed by atoms with Crippen LogP contribution in [0.4, 0.5) is 5.69 Å². The highest BCUT2D eigenvalue weighted by Crippen LogP contribution is 2.24. The Kier molecular flexibility index (Phi) is 5.09. The van der Waals surface area contributed by atoms with Gasteiger partial charge in [0.1, 0.15) is 5.75 Å². The van der Waals surface area contributed by atoms with Crippen LogP contribution in [0.25, 0.3) is 5.69 Å². The summed E-state index contributed by atoms with van der Waals surface area (Å²) in [5.74, 6) is 0.422. The molecule has 0 aliphatic heterocycles. The monoisotopic (exact) mass is 353 g/mol. The third-order valence-corrected chi connectivity index (χ3v) is 4.78. The number of carbonyl (C=O) groups excluding carboxylic acids is 1. The van der Waals surface area contributed by atoms with E-state index in [1.807, 2.05) is 48.9 Å². The van der Waals surface area contributed by atoms with Crippen molar-refractivity contribution < 1.29 is 9.90 Å². The van der Waals surface area contributed by atoms with E-state index in [9.17, 15) is 9.90 Å². The minimum atomic E-state index is -0.0862. The van der Waals surface area contributed by atoms with Crippen LogP contribution in [0, 0.1) is 13.8 Å². The number of aromatic hydroxyl groups is 1. The SMILES string of the molecule is Cc1nn(-c2ccccc2)c(C)c1NC(=O)CSc1ccc(O)cc1. The molecule has 25 heavy (non-hydrogen) atoms. The predicted molar refractivity (Wildman–Crippen MR) is 100 cm³/mol. The van der Waals surface area contributed by atoms with Gasteiger partial charge in [0, 0.05) is 4.90 Å². The first-order valence-corrected chi connectivity index (χ1v) is 8.86. The van der Waals surface area contributed by atoms with Crippen molar-refractivity contribution in [2.75, 3.05) is 11.1 Å². The van der Waals surface area contributed by atoms with E-state index in [1.165, 1.54) is 11.8 Å². The summed E-state index contributed by atoms with van der Waals surface area (Å²) in [5.41, 5.74) is 3.39. The Labute approximate surface area is 150 Å². The minimum Gasteiger partial charge on any atom is -0.508 e. The molecule has 0 unspecified atom stereocenters. The van der Waals surface area contributed by atoms with Crippen molar-refractivity contribution in [1.29, 1.82) is 0 Å². The van der Waals surface area contributed by atoms with Crippen LogP contribution in [0.2, 0.25) is 0 Å². The molecule has 0 bridgehead atoms. The number of nitrogens with one attached hydrogen (secondary N) is 1. The van der Waals surface area contributed by atoms with Crippen molar-refractivity contribution in [2.24, 2.45) is 0 Å². The molecule has 5 nitrogen and oxygen atoms in total. The van der Waals surface area contributed by atoms with Gasteiger partial charge in [-0.3, -0.25) is 4.79 Å². The Bertz CT molecular complexity index is 874. The number of carbonyl (C=O) groups is 1. The molecule has 1 amide bonds. The quantitative estimate of drug-likeness (QED) is 0.682. The van der Waals surface area contributed by atoms with Crippen molar-refractivity contribution in [1.82, 2.24) is 9.78 Å². The number of aromatic nitrogens is 2. The first-order valence-electron chi connectivity index (χ1n) is 7.88. The molecule has 0 saturated heterocycles. The minimum absolute atomic E-state index is 0.0862. The molecule has 0 atom stereocenters. The van der Waals surface area contributed by atoms with Gasteiger partial charge in [0.15, 0.2) is 0 Å². The predicted octanol–water partition coefficient (Wildman–Crippen LogP) is 3.93. The van der Waals surface area contributed by atoms with Gasteiger partial charge in [-0.25, -0.2) is 4.68 Å². The second-order valence-corrected chi connectivity index (χ2v) is 6.67. The zero-order valence-electron chi connectivity index (χ0n) is 14.1. The zero-order valence-corrected chi connectivity index (χ0v) is 14.9. The molecule has 2 N–H and O–H groups in total. The summed E-state index contributed by atoms with van der Waals surface area (Å²) in [4.78, 5) is 13.2. The molecule has 1 heterocycles. The number of hydrogen-bond acceptors (Lipinski definition) is 4. The Morgan fingerprint density at radius 3 is 2.48 bits per heavy atom. The Morgan fingerprint density at radius 2 is 1.80 bits per heavy atom. The van der Waals surface area contributed by atoms with Crippen LogP contribution < -0.4 is 5.32 Å². The molecule has 0 aliphatic rings. The van der Waals surface area contributed by atoms with Crippen molar-refractivity contribution in [3.8, 4) is 11.4 Å². The third-order valence-electron chi connectivity index (χ3n) is 3.76. The third kappa shape index (κ3) is 4.03. The molecule has 128 valence electrons. The molecule has 6 heteroatoms. The lowest BCUT2D eigenvalue weighted by molar-refractivity contribution is -0.113. The van der Waals surface area contributed by atoms with Crippen LogP contribution in [0.3, 0.4) is 0 Å². The number of aryl methyl sites for hydroxylation is 1. The number of hydrogen-bond donors (Lipinski definition) is 2. The topological polar surface area (TPSA) is 67.2 Å². The van der Waals surface area contributed by atoms with Crippen LogP contribution in [-0.4, -0.2) is 26.5 Å². The number of phenols is 1. The lowest BCUT2D eigenvalue weighted by Crippen LogP contribution is -2.15. The average molecular weight is 353 g/mol. The Balaban J connectivity index is 1.69. The fraction of sp³-hybridized carbons (Fsp3) is 0.158. The fourth-order valence-electron chi connectivity index (χ4n) is 2.51. The van der Waals surface area contributed by atoms with Gasteiger partial charge >= 0.3 is 0 Å². The highest BCUT2D eigenvalue weighted by Gasteiger charge is 2.15. The summed E-state index contributed by atoms with van der Waals surface area (Å²) in [6.45, 7) is 3.82. The zero-order chi connectivity index (χ0) is 17.8. The molecule has 1 aromatic heterocycles. The van der Waals surface area contributed by atoms with Gasteiger partial charge in [-0.1, -0.05) is 18.2 Å². The molecule has 0 fully saturated rings. The van der Waals surface area contributed by atoms with Crippen molar-refractivity contribution in [2.45, 2.75) is 18.7 Å². The number of anilines is 1. The first-order chi connectivity index (χ1) is 12.0. The molecular formula is C19H19N3O2S. The highest BCUT2D eigenvalue weighted by atomic mass is 32.2. The molecular weight excluding hydrogens is 334 g/mol. The van der Waals surface area contributed by atoms with Gasteiger partial charge in [0.25, 0.3) is 0 Å². The van der Waals surface area contributed by atoms with E-state index in [0.29, 0.717) is 5.75 Å². The number of rotatable bonds is 5. The standard InChI is InChI=1S/C19H19N3O2S/c1-13-19(14(2)22(21-13)15-6-4-3-5-7-15)20-18(24)12-25-17-10-8-16(23)9-11-17/h3-11,23H,12H2,1-2H3,(H,20,24). The molecule has 2 aromatic carbocycles. The van der Waals surface area contributed by atoms with Gasteiger partial charge in [-0.15, -0.1) is 11.8 Å². The fourth-order valence-corrected chi connectivity index (χ4v) is 3.21. The molecule has 0 aliphatic carbocycles. The van der Waals surface area contributed by atoms with E-state index in [2.05, 4.69) is 10.4 Å². The van der Waals surface area contributed by atoms with E-state index in [0.717, 1.165) is 27.7 Å². The van der Waals surface area contributed by atoms with Crippen LogP contribution in [0.15, 0.2) is 59.5 Å². The van der Waals surface area contributed by atoms with E-state index >= 15 is 0 Å². The maximum atomic E-state index is 12.3. The van der Waals surface area contributed by atoms with Crippen LogP contribution in [0.1, 0.15) is 11.4 Å². The van der Waals surface area contributed by atoms with Crippen LogP contribution >= 0.6 is 11.8 Å². The summed E-state index contributed by atoms with van der Waals surface area (Å²) in [6.07, 6.45) is 0. The number of benzene rings is 2. The van der Waals surface area contributed by atoms with Gasteiger partial charge in [0.05, 0.1) is 28.5 Å². The summed E-state index contributed by atoms with van der Waals surface area (Å²) >= 11 is 1.42. The molecule has 0 spiro atoms. The first kappa shape index (κ1) is 17.1. The molecule has 0 radical (unpaired) electrons. The number of thioether (sulfide) groups is 1. The normalized spacial score (nSPS) is 10.6. The van der Waals surface area contributed by atoms with E-state index in [4.69, 9.17) is 0 Å². The van der Waals surface area contributed by atoms with Crippen molar-refractivity contribution in [3.63, 3.8) is 0 Å². The van der Waals surface area contributed by atoms with E-state index < -0.39 is 0 Å². The maximum absolute atomic E-state index is 12.3. The van der Waals surface area contributed by atoms with Gasteiger partial charge in [-0.2, -0.15) is 5.10 Å². The number of amides is 1. The molecule has 0 saturated carbocycles. The maximum Gasteiger partial charge on any atom is 0.234 e. The summed E-state index contributed by atoms with van der Waals surface area (Å²) in [7, 11) is 0. The number of nitrogens with zero attached hydrogens (tertiary/aromatic N) is 2. The lowest BCUT2D eigenvalue weighted by atomic mass is 10.3. The molecule has 3 aromatic rings. The van der Waals surface area contributed by atoms with E-state index in [-0.39, 0.29) is 11.7 Å².